The van der Waals surface area contributed by atoms with Crippen molar-refractivity contribution in [2.75, 3.05) is 0 Å². The highest BCUT2D eigenvalue weighted by Gasteiger charge is 2.69. The molecule has 0 N–H and O–H groups in total. The van der Waals surface area contributed by atoms with E-state index in [1.165, 1.54) is 24.0 Å². The highest BCUT2D eigenvalue weighted by atomic mass is 32.2. The lowest BCUT2D eigenvalue weighted by Crippen LogP contribution is -2.42. The smallest absolute Gasteiger partial charge is 0.182 e. The van der Waals surface area contributed by atoms with Gasteiger partial charge in [0.25, 0.3) is 0 Å². The van der Waals surface area contributed by atoms with E-state index in [4.69, 9.17) is 0 Å². The predicted molar refractivity (Wildman–Crippen MR) is 95.2 cm³/mol. The maximum atomic E-state index is 13.5. The topological polar surface area (TPSA) is 34.1 Å². The van der Waals surface area contributed by atoms with Crippen LogP contribution in [0.15, 0.2) is 58.0 Å². The molecule has 0 aromatic heterocycles. The number of rotatable bonds is 2. The second kappa shape index (κ2) is 4.63. The zero-order valence-corrected chi connectivity index (χ0v) is 15.1. The molecule has 0 heterocycles. The first kappa shape index (κ1) is 14.9. The first-order valence-electron chi connectivity index (χ1n) is 9.14. The average molecular weight is 340 g/mol. The molecule has 1 spiro atoms. The lowest BCUT2D eigenvalue weighted by molar-refractivity contribution is 0.258. The van der Waals surface area contributed by atoms with Crippen LogP contribution in [0.2, 0.25) is 0 Å². The highest BCUT2D eigenvalue weighted by Crippen LogP contribution is 2.74. The van der Waals surface area contributed by atoms with Gasteiger partial charge in [-0.1, -0.05) is 41.0 Å². The Hall–Kier alpha value is -1.35. The average Bonchev–Trinajstić information content (AvgIpc) is 3.29. The Kier molecular flexibility index (Phi) is 2.88. The van der Waals surface area contributed by atoms with Crippen molar-refractivity contribution in [2.24, 2.45) is 23.2 Å². The maximum Gasteiger partial charge on any atom is 0.182 e. The molecule has 5 rings (SSSR count). The SMILES string of the molecule is CC(C)=C1C2CCC1C13CC(C=C21)C[C@H]3S(=O)(=O)c1ccccc1. The van der Waals surface area contributed by atoms with Gasteiger partial charge in [0, 0.05) is 11.3 Å². The molecule has 3 saturated carbocycles. The molecule has 3 fully saturated rings. The van der Waals surface area contributed by atoms with Gasteiger partial charge in [-0.15, -0.1) is 0 Å². The van der Waals surface area contributed by atoms with Crippen molar-refractivity contribution in [1.82, 2.24) is 0 Å². The van der Waals surface area contributed by atoms with Gasteiger partial charge in [0.05, 0.1) is 10.1 Å². The number of fused-ring (bicyclic) bond motifs is 4. The van der Waals surface area contributed by atoms with E-state index in [9.17, 15) is 8.42 Å². The van der Waals surface area contributed by atoms with Gasteiger partial charge in [0.15, 0.2) is 9.84 Å². The van der Waals surface area contributed by atoms with Gasteiger partial charge in [0.2, 0.25) is 0 Å². The van der Waals surface area contributed by atoms with Crippen molar-refractivity contribution in [3.8, 4) is 0 Å². The lowest BCUT2D eigenvalue weighted by Gasteiger charge is -2.40. The molecule has 3 heteroatoms. The van der Waals surface area contributed by atoms with E-state index in [0.29, 0.717) is 22.6 Å². The van der Waals surface area contributed by atoms with Crippen molar-refractivity contribution in [1.29, 1.82) is 0 Å². The summed E-state index contributed by atoms with van der Waals surface area (Å²) in [6.45, 7) is 4.43. The highest BCUT2D eigenvalue weighted by molar-refractivity contribution is 7.92. The molecule has 4 unspecified atom stereocenters. The van der Waals surface area contributed by atoms with Gasteiger partial charge in [-0.05, 0) is 63.5 Å². The van der Waals surface area contributed by atoms with Crippen LogP contribution in [0.25, 0.3) is 0 Å². The van der Waals surface area contributed by atoms with Crippen LogP contribution >= 0.6 is 0 Å². The molecule has 24 heavy (non-hydrogen) atoms. The molecular formula is C21H24O2S. The summed E-state index contributed by atoms with van der Waals surface area (Å²) in [4.78, 5) is 0.512. The molecule has 1 aromatic rings. The summed E-state index contributed by atoms with van der Waals surface area (Å²) in [6.07, 6.45) is 6.75. The van der Waals surface area contributed by atoms with Crippen LogP contribution in [0, 0.1) is 23.2 Å². The van der Waals surface area contributed by atoms with E-state index in [-0.39, 0.29) is 10.7 Å². The second-order valence-corrected chi connectivity index (χ2v) is 10.5. The third-order valence-corrected chi connectivity index (χ3v) is 9.45. The summed E-state index contributed by atoms with van der Waals surface area (Å²) in [6, 6.07) is 9.13. The minimum atomic E-state index is -3.27. The molecule has 4 aliphatic carbocycles. The second-order valence-electron chi connectivity index (χ2n) is 8.35. The quantitative estimate of drug-likeness (QED) is 0.741. The van der Waals surface area contributed by atoms with Crippen LogP contribution in [0.4, 0.5) is 0 Å². The molecule has 0 amide bonds. The van der Waals surface area contributed by atoms with Crippen LogP contribution < -0.4 is 0 Å². The Bertz CT molecular complexity index is 874. The van der Waals surface area contributed by atoms with Crippen LogP contribution in [-0.4, -0.2) is 13.7 Å². The summed E-state index contributed by atoms with van der Waals surface area (Å²) in [5.74, 6) is 1.49. The predicted octanol–water partition coefficient (Wildman–Crippen LogP) is 4.54. The van der Waals surface area contributed by atoms with Crippen LogP contribution in [0.1, 0.15) is 39.5 Å². The number of sulfone groups is 1. The molecule has 2 nitrogen and oxygen atoms in total. The fourth-order valence-corrected chi connectivity index (χ4v) is 8.92. The van der Waals surface area contributed by atoms with Gasteiger partial charge in [-0.3, -0.25) is 0 Å². The van der Waals surface area contributed by atoms with E-state index in [1.54, 1.807) is 17.7 Å². The van der Waals surface area contributed by atoms with E-state index in [1.807, 2.05) is 18.2 Å². The molecule has 0 radical (unpaired) electrons. The standard InChI is InChI=1S/C21H24O2S/c1-13(2)20-16-8-9-17(20)21-12-14(10-18(16)21)11-19(21)24(22,23)15-6-4-3-5-7-15/h3-7,10,14,16-17,19H,8-9,11-12H2,1-2H3/t14?,16?,17?,19-,21?/m1/s1. The zero-order valence-electron chi connectivity index (χ0n) is 14.3. The van der Waals surface area contributed by atoms with Gasteiger partial charge in [-0.25, -0.2) is 8.42 Å². The third kappa shape index (κ3) is 1.60. The summed E-state index contributed by atoms with van der Waals surface area (Å²) in [5, 5.41) is -0.220. The maximum absolute atomic E-state index is 13.5. The zero-order chi connectivity index (χ0) is 16.7. The molecule has 126 valence electrons. The van der Waals surface area contributed by atoms with Crippen LogP contribution in [-0.2, 0) is 9.84 Å². The van der Waals surface area contributed by atoms with E-state index >= 15 is 0 Å². The summed E-state index contributed by atoms with van der Waals surface area (Å²) < 4.78 is 26.9. The van der Waals surface area contributed by atoms with Crippen LogP contribution in [0.3, 0.4) is 0 Å². The molecule has 0 saturated heterocycles. The number of hydrogen-bond donors (Lipinski definition) is 0. The fraction of sp³-hybridized carbons (Fsp3) is 0.524. The summed E-state index contributed by atoms with van der Waals surface area (Å²) in [7, 11) is -3.27. The minimum absolute atomic E-state index is 0.0884. The third-order valence-electron chi connectivity index (χ3n) is 7.16. The molecule has 0 aliphatic heterocycles. The van der Waals surface area contributed by atoms with E-state index < -0.39 is 9.84 Å². The van der Waals surface area contributed by atoms with Crippen molar-refractivity contribution in [3.63, 3.8) is 0 Å². The van der Waals surface area contributed by atoms with Crippen molar-refractivity contribution in [2.45, 2.75) is 49.7 Å². The van der Waals surface area contributed by atoms with E-state index in [2.05, 4.69) is 19.9 Å². The van der Waals surface area contributed by atoms with Gasteiger partial charge in [0.1, 0.15) is 0 Å². The summed E-state index contributed by atoms with van der Waals surface area (Å²) in [5.41, 5.74) is 4.41. The molecular weight excluding hydrogens is 316 g/mol. The molecule has 4 bridgehead atoms. The number of hydrogen-bond acceptors (Lipinski definition) is 2. The normalized spacial score (nSPS) is 39.2. The fourth-order valence-electron chi connectivity index (χ4n) is 6.60. The monoisotopic (exact) mass is 340 g/mol. The van der Waals surface area contributed by atoms with Crippen molar-refractivity contribution >= 4 is 9.84 Å². The minimum Gasteiger partial charge on any atom is -0.223 e. The first-order valence-corrected chi connectivity index (χ1v) is 10.7. The largest absolute Gasteiger partial charge is 0.223 e. The summed E-state index contributed by atoms with van der Waals surface area (Å²) >= 11 is 0. The van der Waals surface area contributed by atoms with Crippen LogP contribution in [0.5, 0.6) is 0 Å². The molecule has 4 aliphatic rings. The van der Waals surface area contributed by atoms with Gasteiger partial charge >= 0.3 is 0 Å². The molecule has 1 aromatic carbocycles. The Morgan fingerprint density at radius 2 is 1.88 bits per heavy atom. The number of allylic oxidation sites excluding steroid dienone is 4. The Morgan fingerprint density at radius 3 is 2.58 bits per heavy atom. The Labute approximate surface area is 144 Å². The van der Waals surface area contributed by atoms with Gasteiger partial charge < -0.3 is 0 Å². The lowest BCUT2D eigenvalue weighted by atomic mass is 9.69. The van der Waals surface area contributed by atoms with E-state index in [0.717, 1.165) is 12.8 Å². The van der Waals surface area contributed by atoms with Gasteiger partial charge in [-0.2, -0.15) is 0 Å². The van der Waals surface area contributed by atoms with Crippen molar-refractivity contribution < 1.29 is 8.42 Å². The number of benzene rings is 1. The Balaban J connectivity index is 1.68. The first-order chi connectivity index (χ1) is 11.5. The van der Waals surface area contributed by atoms with Crippen molar-refractivity contribution in [3.05, 3.63) is 53.1 Å². The molecule has 5 atom stereocenters. The Morgan fingerprint density at radius 1 is 1.12 bits per heavy atom.